The van der Waals surface area contributed by atoms with Gasteiger partial charge < -0.3 is 9.47 Å². The second-order valence-electron chi connectivity index (χ2n) is 4.55. The molecule has 3 nitrogen and oxygen atoms in total. The molecule has 0 spiro atoms. The Balaban J connectivity index is 1.67. The van der Waals surface area contributed by atoms with Gasteiger partial charge in [-0.3, -0.25) is 4.79 Å². The predicted molar refractivity (Wildman–Crippen MR) is 58.6 cm³/mol. The molecule has 1 saturated carbocycles. The zero-order valence-electron chi connectivity index (χ0n) is 9.07. The van der Waals surface area contributed by atoms with Gasteiger partial charge in [-0.2, -0.15) is 0 Å². The van der Waals surface area contributed by atoms with Crippen LogP contribution in [0.5, 0.6) is 11.5 Å². The Morgan fingerprint density at radius 1 is 1.25 bits per heavy atom. The summed E-state index contributed by atoms with van der Waals surface area (Å²) in [6.45, 7) is 0.287. The number of Topliss-reactive ketones (excluding diaryl/α,β-unsaturated/α-hetero) is 1. The summed E-state index contributed by atoms with van der Waals surface area (Å²) in [5.41, 5.74) is 1.02. The summed E-state index contributed by atoms with van der Waals surface area (Å²) in [7, 11) is 0. The van der Waals surface area contributed by atoms with Crippen LogP contribution in [0, 0.1) is 5.92 Å². The SMILES string of the molecule is O=C(Cc1ccc2c(c1)OCO2)CC1CC1. The first-order chi connectivity index (χ1) is 7.81. The quantitative estimate of drug-likeness (QED) is 0.778. The Hall–Kier alpha value is -1.51. The molecule has 2 aliphatic rings. The summed E-state index contributed by atoms with van der Waals surface area (Å²) in [4.78, 5) is 11.7. The normalized spacial score (nSPS) is 17.5. The number of fused-ring (bicyclic) bond motifs is 1. The molecule has 0 bridgehead atoms. The van der Waals surface area contributed by atoms with E-state index < -0.39 is 0 Å². The fraction of sp³-hybridized carbons (Fsp3) is 0.462. The summed E-state index contributed by atoms with van der Waals surface area (Å²) in [6, 6.07) is 5.73. The van der Waals surface area contributed by atoms with E-state index >= 15 is 0 Å². The van der Waals surface area contributed by atoms with E-state index in [1.54, 1.807) is 0 Å². The Morgan fingerprint density at radius 3 is 2.88 bits per heavy atom. The van der Waals surface area contributed by atoms with Crippen molar-refractivity contribution in [1.82, 2.24) is 0 Å². The molecule has 3 heteroatoms. The molecule has 1 aliphatic heterocycles. The fourth-order valence-electron chi connectivity index (χ4n) is 1.99. The number of carbonyl (C=O) groups is 1. The van der Waals surface area contributed by atoms with Crippen LogP contribution in [0.4, 0.5) is 0 Å². The first-order valence-corrected chi connectivity index (χ1v) is 5.71. The van der Waals surface area contributed by atoms with Crippen LogP contribution in [0.2, 0.25) is 0 Å². The van der Waals surface area contributed by atoms with Crippen molar-refractivity contribution in [3.63, 3.8) is 0 Å². The van der Waals surface area contributed by atoms with Crippen LogP contribution in [-0.4, -0.2) is 12.6 Å². The minimum atomic E-state index is 0.287. The van der Waals surface area contributed by atoms with E-state index in [9.17, 15) is 4.79 Å². The fourth-order valence-corrected chi connectivity index (χ4v) is 1.99. The topological polar surface area (TPSA) is 35.5 Å². The minimum Gasteiger partial charge on any atom is -0.454 e. The van der Waals surface area contributed by atoms with Gasteiger partial charge >= 0.3 is 0 Å². The lowest BCUT2D eigenvalue weighted by atomic mass is 10.0. The highest BCUT2D eigenvalue weighted by molar-refractivity contribution is 5.81. The zero-order chi connectivity index (χ0) is 11.0. The molecule has 1 heterocycles. The maximum Gasteiger partial charge on any atom is 0.231 e. The summed E-state index contributed by atoms with van der Waals surface area (Å²) in [6.07, 6.45) is 3.72. The van der Waals surface area contributed by atoms with Crippen LogP contribution in [-0.2, 0) is 11.2 Å². The molecule has 0 N–H and O–H groups in total. The van der Waals surface area contributed by atoms with Crippen molar-refractivity contribution in [2.75, 3.05) is 6.79 Å². The average molecular weight is 218 g/mol. The first kappa shape index (κ1) is 9.70. The first-order valence-electron chi connectivity index (χ1n) is 5.71. The predicted octanol–water partition coefficient (Wildman–Crippen LogP) is 2.33. The van der Waals surface area contributed by atoms with Gasteiger partial charge in [-0.05, 0) is 36.5 Å². The van der Waals surface area contributed by atoms with Crippen molar-refractivity contribution < 1.29 is 14.3 Å². The number of carbonyl (C=O) groups excluding carboxylic acids is 1. The highest BCUT2D eigenvalue weighted by Gasteiger charge is 2.24. The van der Waals surface area contributed by atoms with Gasteiger partial charge in [0.1, 0.15) is 5.78 Å². The molecular formula is C13H14O3. The molecule has 0 radical (unpaired) electrons. The van der Waals surface area contributed by atoms with Crippen molar-refractivity contribution in [2.24, 2.45) is 5.92 Å². The van der Waals surface area contributed by atoms with E-state index in [1.807, 2.05) is 18.2 Å². The van der Waals surface area contributed by atoms with E-state index in [1.165, 1.54) is 12.8 Å². The van der Waals surface area contributed by atoms with Gasteiger partial charge in [-0.25, -0.2) is 0 Å². The molecule has 0 aromatic heterocycles. The van der Waals surface area contributed by atoms with Gasteiger partial charge in [0.15, 0.2) is 11.5 Å². The van der Waals surface area contributed by atoms with Crippen LogP contribution >= 0.6 is 0 Å². The Kier molecular flexibility index (Phi) is 2.31. The molecule has 1 aliphatic carbocycles. The molecule has 16 heavy (non-hydrogen) atoms. The van der Waals surface area contributed by atoms with E-state index in [0.29, 0.717) is 18.1 Å². The van der Waals surface area contributed by atoms with Crippen molar-refractivity contribution in [3.05, 3.63) is 23.8 Å². The van der Waals surface area contributed by atoms with E-state index in [0.717, 1.165) is 23.5 Å². The number of hydrogen-bond donors (Lipinski definition) is 0. The molecule has 0 saturated heterocycles. The monoisotopic (exact) mass is 218 g/mol. The van der Waals surface area contributed by atoms with Crippen molar-refractivity contribution in [1.29, 1.82) is 0 Å². The van der Waals surface area contributed by atoms with E-state index in [4.69, 9.17) is 9.47 Å². The van der Waals surface area contributed by atoms with Gasteiger partial charge in [0, 0.05) is 12.8 Å². The Morgan fingerprint density at radius 2 is 2.06 bits per heavy atom. The van der Waals surface area contributed by atoms with Gasteiger partial charge in [0.25, 0.3) is 0 Å². The highest BCUT2D eigenvalue weighted by Crippen LogP contribution is 2.34. The van der Waals surface area contributed by atoms with Crippen LogP contribution in [0.25, 0.3) is 0 Å². The maximum atomic E-state index is 11.7. The van der Waals surface area contributed by atoms with Gasteiger partial charge in [-0.1, -0.05) is 6.07 Å². The lowest BCUT2D eigenvalue weighted by Crippen LogP contribution is -2.03. The van der Waals surface area contributed by atoms with Gasteiger partial charge in [0.2, 0.25) is 6.79 Å². The van der Waals surface area contributed by atoms with Crippen LogP contribution in [0.3, 0.4) is 0 Å². The summed E-state index contributed by atoms with van der Waals surface area (Å²) in [5, 5.41) is 0. The smallest absolute Gasteiger partial charge is 0.231 e. The van der Waals surface area contributed by atoms with Gasteiger partial charge in [-0.15, -0.1) is 0 Å². The molecule has 1 aromatic carbocycles. The Bertz CT molecular complexity index is 421. The van der Waals surface area contributed by atoms with Crippen LogP contribution in [0.15, 0.2) is 18.2 Å². The summed E-state index contributed by atoms with van der Waals surface area (Å²) in [5.74, 6) is 2.54. The number of ketones is 1. The second-order valence-corrected chi connectivity index (χ2v) is 4.55. The molecular weight excluding hydrogens is 204 g/mol. The molecule has 0 atom stereocenters. The number of benzene rings is 1. The molecule has 1 aromatic rings. The molecule has 0 unspecified atom stereocenters. The van der Waals surface area contributed by atoms with Crippen molar-refractivity contribution in [2.45, 2.75) is 25.7 Å². The third-order valence-electron chi connectivity index (χ3n) is 3.05. The minimum absolute atomic E-state index is 0.287. The van der Waals surface area contributed by atoms with E-state index in [-0.39, 0.29) is 6.79 Å². The third kappa shape index (κ3) is 2.03. The van der Waals surface area contributed by atoms with Crippen LogP contribution < -0.4 is 9.47 Å². The Labute approximate surface area is 94.4 Å². The number of ether oxygens (including phenoxy) is 2. The highest BCUT2D eigenvalue weighted by atomic mass is 16.7. The second kappa shape index (κ2) is 3.81. The lowest BCUT2D eigenvalue weighted by Gasteiger charge is -2.02. The molecule has 0 amide bonds. The number of rotatable bonds is 4. The third-order valence-corrected chi connectivity index (χ3v) is 3.05. The van der Waals surface area contributed by atoms with Crippen LogP contribution in [0.1, 0.15) is 24.8 Å². The maximum absolute atomic E-state index is 11.7. The lowest BCUT2D eigenvalue weighted by molar-refractivity contribution is -0.118. The standard InChI is InChI=1S/C13H14O3/c14-11(5-9-1-2-9)6-10-3-4-12-13(7-10)16-8-15-12/h3-4,7,9H,1-2,5-6,8H2. The largest absolute Gasteiger partial charge is 0.454 e. The molecule has 3 rings (SSSR count). The van der Waals surface area contributed by atoms with E-state index in [2.05, 4.69) is 0 Å². The van der Waals surface area contributed by atoms with Gasteiger partial charge in [0.05, 0.1) is 0 Å². The zero-order valence-corrected chi connectivity index (χ0v) is 9.07. The molecule has 1 fully saturated rings. The summed E-state index contributed by atoms with van der Waals surface area (Å²) < 4.78 is 10.5. The van der Waals surface area contributed by atoms with Crippen molar-refractivity contribution >= 4 is 5.78 Å². The average Bonchev–Trinajstić information content (AvgIpc) is 2.95. The number of hydrogen-bond acceptors (Lipinski definition) is 3. The van der Waals surface area contributed by atoms with Crippen molar-refractivity contribution in [3.8, 4) is 11.5 Å². The molecule has 84 valence electrons. The summed E-state index contributed by atoms with van der Waals surface area (Å²) >= 11 is 0.